The van der Waals surface area contributed by atoms with Crippen LogP contribution in [0.3, 0.4) is 0 Å². The highest BCUT2D eigenvalue weighted by atomic mass is 15.2. The number of rotatable bonds is 8. The van der Waals surface area contributed by atoms with Gasteiger partial charge in [0, 0.05) is 25.2 Å². The van der Waals surface area contributed by atoms with E-state index in [4.69, 9.17) is 0 Å². The van der Waals surface area contributed by atoms with E-state index in [2.05, 4.69) is 53.6 Å². The first-order chi connectivity index (χ1) is 8.65. The number of nitrogens with zero attached hydrogens (tertiary/aromatic N) is 2. The molecule has 1 aromatic rings. The van der Waals surface area contributed by atoms with E-state index >= 15 is 0 Å². The van der Waals surface area contributed by atoms with E-state index in [1.165, 1.54) is 0 Å². The lowest BCUT2D eigenvalue weighted by Crippen LogP contribution is -2.14. The summed E-state index contributed by atoms with van der Waals surface area (Å²) >= 11 is 0. The highest BCUT2D eigenvalue weighted by Gasteiger charge is 2.04. The maximum Gasteiger partial charge on any atom is 0.226 e. The second-order valence-electron chi connectivity index (χ2n) is 4.61. The Morgan fingerprint density at radius 3 is 2.22 bits per heavy atom. The van der Waals surface area contributed by atoms with E-state index in [9.17, 15) is 0 Å². The Hall–Kier alpha value is -1.52. The Morgan fingerprint density at radius 1 is 1.00 bits per heavy atom. The average Bonchev–Trinajstić information content (AvgIpc) is 2.33. The summed E-state index contributed by atoms with van der Waals surface area (Å²) in [4.78, 5) is 8.89. The van der Waals surface area contributed by atoms with Crippen molar-refractivity contribution in [3.8, 4) is 0 Å². The number of hydrogen-bond acceptors (Lipinski definition) is 5. The Kier molecular flexibility index (Phi) is 6.25. The fourth-order valence-electron chi connectivity index (χ4n) is 1.48. The van der Waals surface area contributed by atoms with Crippen LogP contribution in [0.2, 0.25) is 0 Å². The highest BCUT2D eigenvalue weighted by molar-refractivity contribution is 5.52. The molecular formula is C13H25N5. The maximum atomic E-state index is 4.45. The molecule has 5 heteroatoms. The molecule has 0 radical (unpaired) electrons. The van der Waals surface area contributed by atoms with E-state index in [0.29, 0.717) is 12.0 Å². The Balaban J connectivity index is 2.81. The summed E-state index contributed by atoms with van der Waals surface area (Å²) in [5.74, 6) is 2.41. The summed E-state index contributed by atoms with van der Waals surface area (Å²) in [6.45, 7) is 10.3. The molecule has 102 valence electrons. The minimum absolute atomic E-state index is 0.359. The fourth-order valence-corrected chi connectivity index (χ4v) is 1.48. The van der Waals surface area contributed by atoms with Crippen LogP contribution in [-0.2, 0) is 0 Å². The van der Waals surface area contributed by atoms with E-state index in [1.54, 1.807) is 0 Å². The van der Waals surface area contributed by atoms with Crippen molar-refractivity contribution in [2.45, 2.75) is 46.6 Å². The smallest absolute Gasteiger partial charge is 0.226 e. The second-order valence-corrected chi connectivity index (χ2v) is 4.61. The molecule has 0 atom stereocenters. The van der Waals surface area contributed by atoms with Crippen LogP contribution in [0.5, 0.6) is 0 Å². The Bertz CT molecular complexity index is 325. The standard InChI is InChI=1S/C13H25N5/c1-5-7-14-11-9-12(16-10(3)4)18-13(17-11)15-8-6-2/h9-10H,5-8H2,1-4H3,(H3,14,15,16,17,18). The molecule has 0 unspecified atom stereocenters. The Morgan fingerprint density at radius 2 is 1.61 bits per heavy atom. The van der Waals surface area contributed by atoms with Gasteiger partial charge >= 0.3 is 0 Å². The predicted molar refractivity (Wildman–Crippen MR) is 78.4 cm³/mol. The van der Waals surface area contributed by atoms with Gasteiger partial charge in [-0.1, -0.05) is 13.8 Å². The molecule has 1 aromatic heterocycles. The normalized spacial score (nSPS) is 10.5. The van der Waals surface area contributed by atoms with Gasteiger partial charge in [0.1, 0.15) is 11.6 Å². The van der Waals surface area contributed by atoms with Crippen molar-refractivity contribution in [1.82, 2.24) is 9.97 Å². The van der Waals surface area contributed by atoms with Crippen LogP contribution in [-0.4, -0.2) is 29.1 Å². The van der Waals surface area contributed by atoms with Gasteiger partial charge in [-0.3, -0.25) is 0 Å². The van der Waals surface area contributed by atoms with Crippen molar-refractivity contribution in [2.24, 2.45) is 0 Å². The molecule has 5 nitrogen and oxygen atoms in total. The van der Waals surface area contributed by atoms with E-state index in [-0.39, 0.29) is 0 Å². The second kappa shape index (κ2) is 7.74. The molecule has 0 aliphatic heterocycles. The van der Waals surface area contributed by atoms with Gasteiger partial charge in [-0.25, -0.2) is 0 Å². The lowest BCUT2D eigenvalue weighted by Gasteiger charge is -2.13. The van der Waals surface area contributed by atoms with Crippen LogP contribution in [0.4, 0.5) is 17.6 Å². The maximum absolute atomic E-state index is 4.45. The van der Waals surface area contributed by atoms with Gasteiger partial charge in [0.2, 0.25) is 5.95 Å². The molecule has 1 rings (SSSR count). The zero-order valence-corrected chi connectivity index (χ0v) is 11.9. The monoisotopic (exact) mass is 251 g/mol. The van der Waals surface area contributed by atoms with Crippen molar-refractivity contribution in [1.29, 1.82) is 0 Å². The summed E-state index contributed by atoms with van der Waals surface area (Å²) in [5.41, 5.74) is 0. The number of aromatic nitrogens is 2. The van der Waals surface area contributed by atoms with Crippen molar-refractivity contribution >= 4 is 17.6 Å². The molecule has 0 aliphatic rings. The lowest BCUT2D eigenvalue weighted by atomic mass is 10.4. The molecule has 3 N–H and O–H groups in total. The van der Waals surface area contributed by atoms with Crippen molar-refractivity contribution in [3.05, 3.63) is 6.07 Å². The van der Waals surface area contributed by atoms with Crippen LogP contribution < -0.4 is 16.0 Å². The minimum atomic E-state index is 0.359. The third-order valence-electron chi connectivity index (χ3n) is 2.25. The van der Waals surface area contributed by atoms with Crippen LogP contribution in [0.1, 0.15) is 40.5 Å². The van der Waals surface area contributed by atoms with Crippen molar-refractivity contribution in [2.75, 3.05) is 29.0 Å². The molecule has 0 saturated heterocycles. The van der Waals surface area contributed by atoms with E-state index in [1.807, 2.05) is 6.07 Å². The highest BCUT2D eigenvalue weighted by Crippen LogP contribution is 2.15. The number of nitrogens with one attached hydrogen (secondary N) is 3. The molecule has 18 heavy (non-hydrogen) atoms. The summed E-state index contributed by atoms with van der Waals surface area (Å²) < 4.78 is 0. The molecule has 1 heterocycles. The quantitative estimate of drug-likeness (QED) is 0.663. The Labute approximate surface area is 110 Å². The molecule has 0 bridgehead atoms. The van der Waals surface area contributed by atoms with Gasteiger partial charge in [-0.05, 0) is 26.7 Å². The van der Waals surface area contributed by atoms with E-state index in [0.717, 1.165) is 37.6 Å². The number of anilines is 3. The minimum Gasteiger partial charge on any atom is -0.370 e. The van der Waals surface area contributed by atoms with Gasteiger partial charge < -0.3 is 16.0 Å². The lowest BCUT2D eigenvalue weighted by molar-refractivity contribution is 0.881. The predicted octanol–water partition coefficient (Wildman–Crippen LogP) is 2.94. The summed E-state index contributed by atoms with van der Waals surface area (Å²) in [6, 6.07) is 2.31. The van der Waals surface area contributed by atoms with Gasteiger partial charge in [0.15, 0.2) is 0 Å². The van der Waals surface area contributed by atoms with E-state index < -0.39 is 0 Å². The topological polar surface area (TPSA) is 61.9 Å². The third-order valence-corrected chi connectivity index (χ3v) is 2.25. The largest absolute Gasteiger partial charge is 0.370 e. The number of hydrogen-bond donors (Lipinski definition) is 3. The first-order valence-electron chi connectivity index (χ1n) is 6.79. The zero-order valence-electron chi connectivity index (χ0n) is 11.9. The van der Waals surface area contributed by atoms with Crippen LogP contribution in [0.15, 0.2) is 6.07 Å². The van der Waals surface area contributed by atoms with Crippen LogP contribution >= 0.6 is 0 Å². The van der Waals surface area contributed by atoms with Gasteiger partial charge in [-0.15, -0.1) is 0 Å². The zero-order chi connectivity index (χ0) is 13.4. The average molecular weight is 251 g/mol. The molecule has 0 fully saturated rings. The summed E-state index contributed by atoms with van der Waals surface area (Å²) in [5, 5.41) is 9.82. The van der Waals surface area contributed by atoms with Crippen molar-refractivity contribution in [3.63, 3.8) is 0 Å². The van der Waals surface area contributed by atoms with Crippen LogP contribution in [0.25, 0.3) is 0 Å². The molecule has 0 amide bonds. The molecular weight excluding hydrogens is 226 g/mol. The van der Waals surface area contributed by atoms with Gasteiger partial charge in [0.05, 0.1) is 0 Å². The van der Waals surface area contributed by atoms with Crippen LogP contribution in [0, 0.1) is 0 Å². The van der Waals surface area contributed by atoms with Gasteiger partial charge in [0.25, 0.3) is 0 Å². The summed E-state index contributed by atoms with van der Waals surface area (Å²) in [7, 11) is 0. The molecule has 0 saturated carbocycles. The third kappa shape index (κ3) is 5.21. The summed E-state index contributed by atoms with van der Waals surface area (Å²) in [6.07, 6.45) is 2.14. The fraction of sp³-hybridized carbons (Fsp3) is 0.692. The van der Waals surface area contributed by atoms with Crippen molar-refractivity contribution < 1.29 is 0 Å². The first-order valence-corrected chi connectivity index (χ1v) is 6.79. The molecule has 0 aliphatic carbocycles. The molecule has 0 spiro atoms. The SMILES string of the molecule is CCCNc1cc(NC(C)C)nc(NCCC)n1. The van der Waals surface area contributed by atoms with Gasteiger partial charge in [-0.2, -0.15) is 9.97 Å². The first kappa shape index (κ1) is 14.5. The molecule has 0 aromatic carbocycles.